The molecular weight excluding hydrogens is 226 g/mol. The number of rotatable bonds is 8. The quantitative estimate of drug-likeness (QED) is 0.551. The number of benzene rings is 1. The molecule has 1 nitrogen and oxygen atoms in total. The maximum Gasteiger partial charge on any atom is 0.0101 e. The number of hydrogen-bond acceptors (Lipinski definition) is 2. The van der Waals surface area contributed by atoms with E-state index in [4.69, 9.17) is 0 Å². The van der Waals surface area contributed by atoms with Crippen molar-refractivity contribution in [1.82, 2.24) is 5.32 Å². The number of nitrogens with one attached hydrogen (secondary N) is 1. The summed E-state index contributed by atoms with van der Waals surface area (Å²) in [6.07, 6.45) is 2.58. The molecule has 0 radical (unpaired) electrons. The predicted molar refractivity (Wildman–Crippen MR) is 78.8 cm³/mol. The smallest absolute Gasteiger partial charge is 0.0101 e. The van der Waals surface area contributed by atoms with Gasteiger partial charge >= 0.3 is 0 Å². The van der Waals surface area contributed by atoms with E-state index in [1.165, 1.54) is 29.1 Å². The van der Waals surface area contributed by atoms with E-state index in [9.17, 15) is 0 Å². The van der Waals surface area contributed by atoms with Crippen LogP contribution in [0.1, 0.15) is 32.3 Å². The van der Waals surface area contributed by atoms with Gasteiger partial charge in [-0.3, -0.25) is 0 Å². The van der Waals surface area contributed by atoms with Crippen LogP contribution in [-0.4, -0.2) is 18.8 Å². The van der Waals surface area contributed by atoms with Crippen LogP contribution in [0.15, 0.2) is 29.2 Å². The first kappa shape index (κ1) is 14.6. The molecule has 1 aromatic carbocycles. The van der Waals surface area contributed by atoms with E-state index in [0.717, 1.165) is 19.0 Å². The zero-order valence-electron chi connectivity index (χ0n) is 11.3. The minimum Gasteiger partial charge on any atom is -0.316 e. The predicted octanol–water partition coefficient (Wildman–Crippen LogP) is 4.11. The van der Waals surface area contributed by atoms with Crippen molar-refractivity contribution in [2.24, 2.45) is 5.92 Å². The van der Waals surface area contributed by atoms with Crippen molar-refractivity contribution in [3.63, 3.8) is 0 Å². The molecule has 0 aliphatic carbocycles. The Morgan fingerprint density at radius 3 is 2.65 bits per heavy atom. The summed E-state index contributed by atoms with van der Waals surface area (Å²) >= 11 is 1.98. The lowest BCUT2D eigenvalue weighted by Crippen LogP contribution is -2.20. The van der Waals surface area contributed by atoms with Gasteiger partial charge in [-0.05, 0) is 56.2 Å². The Labute approximate surface area is 110 Å². The van der Waals surface area contributed by atoms with Crippen LogP contribution >= 0.6 is 11.8 Å². The van der Waals surface area contributed by atoms with Crippen molar-refractivity contribution in [2.75, 3.05) is 18.8 Å². The average Bonchev–Trinajstić information content (AvgIpc) is 2.30. The van der Waals surface area contributed by atoms with Crippen LogP contribution in [0.5, 0.6) is 0 Å². The Hall–Kier alpha value is -0.470. The molecule has 0 aliphatic rings. The monoisotopic (exact) mass is 251 g/mol. The first-order chi connectivity index (χ1) is 8.20. The number of thioether (sulfide) groups is 1. The fourth-order valence-electron chi connectivity index (χ4n) is 1.64. The van der Waals surface area contributed by atoms with Crippen molar-refractivity contribution in [3.05, 3.63) is 29.8 Å². The maximum atomic E-state index is 3.49. The Morgan fingerprint density at radius 2 is 1.94 bits per heavy atom. The van der Waals surface area contributed by atoms with E-state index in [1.807, 2.05) is 11.8 Å². The first-order valence-electron chi connectivity index (χ1n) is 6.59. The number of aryl methyl sites for hydroxylation is 1. The molecule has 0 saturated heterocycles. The van der Waals surface area contributed by atoms with Gasteiger partial charge in [0.2, 0.25) is 0 Å². The first-order valence-corrected chi connectivity index (χ1v) is 7.58. The van der Waals surface area contributed by atoms with Gasteiger partial charge in [0.05, 0.1) is 0 Å². The minimum absolute atomic E-state index is 0.761. The van der Waals surface area contributed by atoms with Gasteiger partial charge in [-0.25, -0.2) is 0 Å². The Kier molecular flexibility index (Phi) is 7.38. The third-order valence-corrected chi connectivity index (χ3v) is 3.91. The van der Waals surface area contributed by atoms with Crippen LogP contribution in [0.2, 0.25) is 0 Å². The van der Waals surface area contributed by atoms with Crippen LogP contribution < -0.4 is 5.32 Å². The molecule has 0 atom stereocenters. The van der Waals surface area contributed by atoms with E-state index < -0.39 is 0 Å². The van der Waals surface area contributed by atoms with Gasteiger partial charge in [-0.2, -0.15) is 0 Å². The molecule has 1 aromatic rings. The summed E-state index contributed by atoms with van der Waals surface area (Å²) in [5.41, 5.74) is 1.40. The molecule has 96 valence electrons. The fraction of sp³-hybridized carbons (Fsp3) is 0.600. The molecule has 1 rings (SSSR count). The summed E-state index contributed by atoms with van der Waals surface area (Å²) in [5.74, 6) is 1.99. The third kappa shape index (κ3) is 6.75. The van der Waals surface area contributed by atoms with Crippen molar-refractivity contribution in [2.45, 2.75) is 38.5 Å². The molecule has 0 fully saturated rings. The molecule has 0 unspecified atom stereocenters. The minimum atomic E-state index is 0.761. The molecule has 0 bridgehead atoms. The van der Waals surface area contributed by atoms with Gasteiger partial charge in [0.15, 0.2) is 0 Å². The van der Waals surface area contributed by atoms with Crippen molar-refractivity contribution in [3.8, 4) is 0 Å². The highest BCUT2D eigenvalue weighted by Crippen LogP contribution is 2.22. The zero-order valence-corrected chi connectivity index (χ0v) is 12.1. The largest absolute Gasteiger partial charge is 0.316 e. The van der Waals surface area contributed by atoms with Crippen LogP contribution in [0, 0.1) is 12.8 Å². The van der Waals surface area contributed by atoms with Gasteiger partial charge in [0.1, 0.15) is 0 Å². The highest BCUT2D eigenvalue weighted by atomic mass is 32.2. The molecule has 0 amide bonds. The van der Waals surface area contributed by atoms with E-state index in [-0.39, 0.29) is 0 Å². The second-order valence-electron chi connectivity index (χ2n) is 4.92. The molecule has 0 heterocycles. The van der Waals surface area contributed by atoms with Crippen molar-refractivity contribution in [1.29, 1.82) is 0 Å². The Balaban J connectivity index is 2.03. The van der Waals surface area contributed by atoms with E-state index in [0.29, 0.717) is 0 Å². The molecule has 0 spiro atoms. The van der Waals surface area contributed by atoms with Gasteiger partial charge in [-0.1, -0.05) is 32.0 Å². The zero-order chi connectivity index (χ0) is 12.5. The molecule has 0 saturated carbocycles. The average molecular weight is 251 g/mol. The lowest BCUT2D eigenvalue weighted by molar-refractivity contribution is 0.541. The highest BCUT2D eigenvalue weighted by molar-refractivity contribution is 7.99. The second kappa shape index (κ2) is 8.60. The molecule has 0 aliphatic heterocycles. The third-order valence-electron chi connectivity index (χ3n) is 2.65. The molecule has 2 heteroatoms. The summed E-state index contributed by atoms with van der Waals surface area (Å²) in [7, 11) is 0. The van der Waals surface area contributed by atoms with Crippen LogP contribution in [0.3, 0.4) is 0 Å². The second-order valence-corrected chi connectivity index (χ2v) is 6.06. The summed E-state index contributed by atoms with van der Waals surface area (Å²) in [6, 6.07) is 8.64. The fourth-order valence-corrected chi connectivity index (χ4v) is 2.68. The summed E-state index contributed by atoms with van der Waals surface area (Å²) in [6.45, 7) is 8.99. The Bertz CT molecular complexity index is 310. The summed E-state index contributed by atoms with van der Waals surface area (Å²) in [5, 5.41) is 3.49. The maximum absolute atomic E-state index is 3.49. The van der Waals surface area contributed by atoms with Crippen LogP contribution in [0.25, 0.3) is 0 Å². The SMILES string of the molecule is Cc1ccccc1SCCCCNCC(C)C. The van der Waals surface area contributed by atoms with Gasteiger partial charge in [0.25, 0.3) is 0 Å². The lowest BCUT2D eigenvalue weighted by atomic mass is 10.2. The van der Waals surface area contributed by atoms with Crippen molar-refractivity contribution >= 4 is 11.8 Å². The molecule has 0 aromatic heterocycles. The van der Waals surface area contributed by atoms with Crippen LogP contribution in [-0.2, 0) is 0 Å². The topological polar surface area (TPSA) is 12.0 Å². The van der Waals surface area contributed by atoms with E-state index in [1.54, 1.807) is 0 Å². The number of hydrogen-bond donors (Lipinski definition) is 1. The highest BCUT2D eigenvalue weighted by Gasteiger charge is 1.97. The molecule has 1 N–H and O–H groups in total. The lowest BCUT2D eigenvalue weighted by Gasteiger charge is -2.07. The van der Waals surface area contributed by atoms with Crippen LogP contribution in [0.4, 0.5) is 0 Å². The van der Waals surface area contributed by atoms with Crippen molar-refractivity contribution < 1.29 is 0 Å². The van der Waals surface area contributed by atoms with E-state index in [2.05, 4.69) is 50.4 Å². The van der Waals surface area contributed by atoms with Gasteiger partial charge < -0.3 is 5.32 Å². The van der Waals surface area contributed by atoms with E-state index >= 15 is 0 Å². The standard InChI is InChI=1S/C15H25NS/c1-13(2)12-16-10-6-7-11-17-15-9-5-4-8-14(15)3/h4-5,8-9,13,16H,6-7,10-12H2,1-3H3. The molecule has 17 heavy (non-hydrogen) atoms. The summed E-state index contributed by atoms with van der Waals surface area (Å²) < 4.78 is 0. The molecular formula is C15H25NS. The normalized spacial score (nSPS) is 11.1. The van der Waals surface area contributed by atoms with Gasteiger partial charge in [-0.15, -0.1) is 11.8 Å². The van der Waals surface area contributed by atoms with Gasteiger partial charge in [0, 0.05) is 4.90 Å². The Morgan fingerprint density at radius 1 is 1.18 bits per heavy atom. The summed E-state index contributed by atoms with van der Waals surface area (Å²) in [4.78, 5) is 1.43. The number of unbranched alkanes of at least 4 members (excludes halogenated alkanes) is 1.